The maximum Gasteiger partial charge on any atom is 0.225 e. The van der Waals surface area contributed by atoms with Gasteiger partial charge in [-0.15, -0.1) is 5.92 Å². The smallest absolute Gasteiger partial charge is 0.225 e. The molecule has 0 aromatic heterocycles. The normalized spacial score (nSPS) is 17.6. The van der Waals surface area contributed by atoms with E-state index in [0.717, 1.165) is 32.4 Å². The van der Waals surface area contributed by atoms with Crippen LogP contribution in [0.5, 0.6) is 0 Å². The second kappa shape index (κ2) is 6.27. The van der Waals surface area contributed by atoms with Crippen molar-refractivity contribution in [3.8, 4) is 11.8 Å². The van der Waals surface area contributed by atoms with Crippen molar-refractivity contribution < 1.29 is 4.79 Å². The Labute approximate surface area is 112 Å². The Morgan fingerprint density at radius 3 is 2.28 bits per heavy atom. The zero-order chi connectivity index (χ0) is 13.8. The minimum atomic E-state index is 0.119. The molecule has 0 bridgehead atoms. The highest BCUT2D eigenvalue weighted by atomic mass is 16.2. The summed E-state index contributed by atoms with van der Waals surface area (Å²) in [5.41, 5.74) is 0.293. The van der Waals surface area contributed by atoms with Crippen molar-refractivity contribution in [2.75, 3.05) is 13.1 Å². The van der Waals surface area contributed by atoms with Crippen LogP contribution < -0.4 is 0 Å². The Kier molecular flexibility index (Phi) is 5.26. The fraction of sp³-hybridized carbons (Fsp3) is 0.812. The van der Waals surface area contributed by atoms with E-state index in [4.69, 9.17) is 0 Å². The van der Waals surface area contributed by atoms with Gasteiger partial charge >= 0.3 is 0 Å². The van der Waals surface area contributed by atoms with Gasteiger partial charge in [-0.05, 0) is 18.3 Å². The molecule has 0 saturated carbocycles. The summed E-state index contributed by atoms with van der Waals surface area (Å²) in [6, 6.07) is 0. The van der Waals surface area contributed by atoms with Gasteiger partial charge < -0.3 is 4.90 Å². The van der Waals surface area contributed by atoms with E-state index >= 15 is 0 Å². The highest BCUT2D eigenvalue weighted by molar-refractivity contribution is 5.78. The molecular formula is C16H27NO. The van der Waals surface area contributed by atoms with Gasteiger partial charge in [-0.25, -0.2) is 0 Å². The van der Waals surface area contributed by atoms with Crippen molar-refractivity contribution in [1.29, 1.82) is 0 Å². The molecule has 1 saturated heterocycles. The molecule has 2 nitrogen and oxygen atoms in total. The van der Waals surface area contributed by atoms with Crippen molar-refractivity contribution in [3.63, 3.8) is 0 Å². The van der Waals surface area contributed by atoms with Crippen molar-refractivity contribution in [2.24, 2.45) is 17.3 Å². The maximum atomic E-state index is 11.8. The average molecular weight is 249 g/mol. The predicted octanol–water partition coefficient (Wildman–Crippen LogP) is 3.32. The van der Waals surface area contributed by atoms with Crippen molar-refractivity contribution in [2.45, 2.75) is 53.9 Å². The van der Waals surface area contributed by atoms with Crippen molar-refractivity contribution in [3.05, 3.63) is 0 Å². The number of hydrogen-bond acceptors (Lipinski definition) is 1. The fourth-order valence-electron chi connectivity index (χ4n) is 2.07. The monoisotopic (exact) mass is 249 g/mol. The molecule has 0 aromatic rings. The van der Waals surface area contributed by atoms with Crippen LogP contribution in [0.15, 0.2) is 0 Å². The van der Waals surface area contributed by atoms with Gasteiger partial charge in [0.05, 0.1) is 0 Å². The lowest BCUT2D eigenvalue weighted by Gasteiger charge is -2.31. The summed E-state index contributed by atoms with van der Waals surface area (Å²) < 4.78 is 0. The fourth-order valence-corrected chi connectivity index (χ4v) is 2.07. The third-order valence-corrected chi connectivity index (χ3v) is 3.23. The Bertz CT molecular complexity index is 332. The highest BCUT2D eigenvalue weighted by Crippen LogP contribution is 2.20. The summed E-state index contributed by atoms with van der Waals surface area (Å²) in [5, 5.41) is 0. The average Bonchev–Trinajstić information content (AvgIpc) is 2.27. The molecular weight excluding hydrogens is 222 g/mol. The Balaban J connectivity index is 2.38. The predicted molar refractivity (Wildman–Crippen MR) is 76.0 cm³/mol. The lowest BCUT2D eigenvalue weighted by Crippen LogP contribution is -2.40. The van der Waals surface area contributed by atoms with Gasteiger partial charge in [-0.1, -0.05) is 40.5 Å². The van der Waals surface area contributed by atoms with E-state index in [1.54, 1.807) is 0 Å². The molecule has 1 fully saturated rings. The van der Waals surface area contributed by atoms with Crippen LogP contribution in [0.1, 0.15) is 53.9 Å². The lowest BCUT2D eigenvalue weighted by molar-refractivity contribution is -0.135. The van der Waals surface area contributed by atoms with E-state index in [1.165, 1.54) is 0 Å². The van der Waals surface area contributed by atoms with Gasteiger partial charge in [0.25, 0.3) is 0 Å². The van der Waals surface area contributed by atoms with Crippen LogP contribution in [-0.2, 0) is 4.79 Å². The molecule has 0 atom stereocenters. The van der Waals surface area contributed by atoms with Crippen LogP contribution in [0.25, 0.3) is 0 Å². The van der Waals surface area contributed by atoms with Gasteiger partial charge in [0.1, 0.15) is 0 Å². The van der Waals surface area contributed by atoms with Crippen LogP contribution in [0.4, 0.5) is 0 Å². The maximum absolute atomic E-state index is 11.8. The number of carbonyl (C=O) groups excluding carboxylic acids is 1. The zero-order valence-electron chi connectivity index (χ0n) is 12.5. The van der Waals surface area contributed by atoms with Crippen LogP contribution in [0.2, 0.25) is 0 Å². The molecule has 1 heterocycles. The summed E-state index contributed by atoms with van der Waals surface area (Å²) in [5.74, 6) is 7.58. The van der Waals surface area contributed by atoms with Gasteiger partial charge in [-0.2, -0.15) is 0 Å². The van der Waals surface area contributed by atoms with E-state index in [2.05, 4.69) is 32.6 Å². The number of rotatable bonds is 1. The molecule has 0 unspecified atom stereocenters. The molecule has 0 N–H and O–H groups in total. The SMILES string of the molecule is CC(C)C(=O)N1CCC(C#CCC(C)(C)C)CC1. The molecule has 0 aromatic carbocycles. The summed E-state index contributed by atoms with van der Waals surface area (Å²) in [6.45, 7) is 12.3. The largest absolute Gasteiger partial charge is 0.342 e. The van der Waals surface area contributed by atoms with Crippen molar-refractivity contribution >= 4 is 5.91 Å². The number of carbonyl (C=O) groups is 1. The lowest BCUT2D eigenvalue weighted by atomic mass is 9.91. The number of likely N-dealkylation sites (tertiary alicyclic amines) is 1. The van der Waals surface area contributed by atoms with Crippen LogP contribution in [0, 0.1) is 29.1 Å². The third kappa shape index (κ3) is 5.12. The molecule has 0 aliphatic carbocycles. The summed E-state index contributed by atoms with van der Waals surface area (Å²) in [6.07, 6.45) is 3.03. The summed E-state index contributed by atoms with van der Waals surface area (Å²) in [7, 11) is 0. The van der Waals surface area contributed by atoms with Crippen LogP contribution in [-0.4, -0.2) is 23.9 Å². The van der Waals surface area contributed by atoms with Crippen LogP contribution in [0.3, 0.4) is 0 Å². The van der Waals surface area contributed by atoms with Gasteiger partial charge in [-0.3, -0.25) is 4.79 Å². The molecule has 2 heteroatoms. The standard InChI is InChI=1S/C16H27NO/c1-13(2)15(18)17-11-8-14(9-12-17)7-6-10-16(3,4)5/h13-14H,8-12H2,1-5H3. The van der Waals surface area contributed by atoms with E-state index in [1.807, 2.05) is 18.7 Å². The van der Waals surface area contributed by atoms with E-state index in [9.17, 15) is 4.79 Å². The second-order valence-electron chi connectivity index (χ2n) is 6.81. The van der Waals surface area contributed by atoms with Gasteiger partial charge in [0.2, 0.25) is 5.91 Å². The second-order valence-corrected chi connectivity index (χ2v) is 6.81. The quantitative estimate of drug-likeness (QED) is 0.653. The van der Waals surface area contributed by atoms with Gasteiger partial charge in [0, 0.05) is 31.3 Å². The van der Waals surface area contributed by atoms with Crippen molar-refractivity contribution in [1.82, 2.24) is 4.90 Å². The molecule has 102 valence electrons. The number of piperidine rings is 1. The van der Waals surface area contributed by atoms with E-state index in [0.29, 0.717) is 11.3 Å². The first-order valence-corrected chi connectivity index (χ1v) is 7.07. The third-order valence-electron chi connectivity index (χ3n) is 3.23. The molecule has 0 radical (unpaired) electrons. The molecule has 1 amide bonds. The van der Waals surface area contributed by atoms with Gasteiger partial charge in [0.15, 0.2) is 0 Å². The molecule has 18 heavy (non-hydrogen) atoms. The Morgan fingerprint density at radius 2 is 1.83 bits per heavy atom. The molecule has 1 aliphatic rings. The molecule has 1 aliphatic heterocycles. The number of hydrogen-bond donors (Lipinski definition) is 0. The summed E-state index contributed by atoms with van der Waals surface area (Å²) >= 11 is 0. The first kappa shape index (κ1) is 15.1. The molecule has 0 spiro atoms. The number of nitrogens with zero attached hydrogens (tertiary/aromatic N) is 1. The summed E-state index contributed by atoms with van der Waals surface area (Å²) in [4.78, 5) is 13.8. The first-order chi connectivity index (χ1) is 8.29. The minimum Gasteiger partial charge on any atom is -0.342 e. The Hall–Kier alpha value is -0.970. The van der Waals surface area contributed by atoms with Crippen LogP contribution >= 0.6 is 0 Å². The van der Waals surface area contributed by atoms with E-state index < -0.39 is 0 Å². The van der Waals surface area contributed by atoms with E-state index in [-0.39, 0.29) is 11.8 Å². The zero-order valence-corrected chi connectivity index (χ0v) is 12.5. The minimum absolute atomic E-state index is 0.119. The highest BCUT2D eigenvalue weighted by Gasteiger charge is 2.23. The number of amides is 1. The molecule has 1 rings (SSSR count). The first-order valence-electron chi connectivity index (χ1n) is 7.07. The topological polar surface area (TPSA) is 20.3 Å². The Morgan fingerprint density at radius 1 is 1.28 bits per heavy atom.